The van der Waals surface area contributed by atoms with Crippen LogP contribution in [0.2, 0.25) is 10.0 Å². The van der Waals surface area contributed by atoms with Crippen LogP contribution in [0.3, 0.4) is 0 Å². The summed E-state index contributed by atoms with van der Waals surface area (Å²) in [6, 6.07) is 21.4. The summed E-state index contributed by atoms with van der Waals surface area (Å²) in [5.74, 6) is 1.60. The van der Waals surface area contributed by atoms with Crippen LogP contribution in [0.1, 0.15) is 11.4 Å². The zero-order valence-corrected chi connectivity index (χ0v) is 23.3. The van der Waals surface area contributed by atoms with E-state index in [0.717, 1.165) is 37.4 Å². The highest BCUT2D eigenvalue weighted by atomic mass is 35.5. The van der Waals surface area contributed by atoms with E-state index < -0.39 is 0 Å². The van der Waals surface area contributed by atoms with Crippen molar-refractivity contribution in [3.8, 4) is 0 Å². The first-order valence-corrected chi connectivity index (χ1v) is 13.5. The fraction of sp³-hybridized carbons (Fsp3) is 0.172. The fourth-order valence-corrected chi connectivity index (χ4v) is 4.25. The van der Waals surface area contributed by atoms with Crippen molar-refractivity contribution in [2.24, 2.45) is 0 Å². The molecule has 40 heavy (non-hydrogen) atoms. The SMILES string of the molecule is CN1CCN(c2nc(C=Cc3ccc(Cl)cc3)nc(Nc3ccc(NC(=O)Nc4ccc(Cl)cc4)cc3)n2)CC1. The van der Waals surface area contributed by atoms with E-state index in [1.54, 1.807) is 36.4 Å². The van der Waals surface area contributed by atoms with Gasteiger partial charge in [-0.2, -0.15) is 15.0 Å². The van der Waals surface area contributed by atoms with Crippen LogP contribution in [0.15, 0.2) is 72.8 Å². The van der Waals surface area contributed by atoms with Crippen LogP contribution in [0.5, 0.6) is 0 Å². The number of urea groups is 1. The van der Waals surface area contributed by atoms with Gasteiger partial charge < -0.3 is 25.8 Å². The van der Waals surface area contributed by atoms with Gasteiger partial charge in [0.15, 0.2) is 5.82 Å². The van der Waals surface area contributed by atoms with E-state index in [1.807, 2.05) is 48.6 Å². The molecule has 0 aliphatic carbocycles. The molecule has 1 fully saturated rings. The average molecular weight is 576 g/mol. The molecule has 5 rings (SSSR count). The molecule has 0 bridgehead atoms. The third-order valence-corrected chi connectivity index (χ3v) is 6.73. The molecule has 1 aliphatic rings. The third kappa shape index (κ3) is 7.69. The summed E-state index contributed by atoms with van der Waals surface area (Å²) >= 11 is 11.9. The number of carbonyl (C=O) groups is 1. The zero-order chi connectivity index (χ0) is 27.9. The van der Waals surface area contributed by atoms with Crippen molar-refractivity contribution < 1.29 is 4.79 Å². The van der Waals surface area contributed by atoms with Crippen LogP contribution in [0.25, 0.3) is 12.2 Å². The number of amides is 2. The molecule has 2 heterocycles. The van der Waals surface area contributed by atoms with E-state index in [2.05, 4.69) is 37.8 Å². The lowest BCUT2D eigenvalue weighted by Crippen LogP contribution is -2.45. The Morgan fingerprint density at radius 1 is 0.725 bits per heavy atom. The van der Waals surface area contributed by atoms with Gasteiger partial charge in [-0.25, -0.2) is 4.79 Å². The van der Waals surface area contributed by atoms with Crippen molar-refractivity contribution in [3.05, 3.63) is 94.2 Å². The monoisotopic (exact) mass is 574 g/mol. The van der Waals surface area contributed by atoms with Crippen LogP contribution in [-0.2, 0) is 0 Å². The molecule has 204 valence electrons. The van der Waals surface area contributed by atoms with Crippen LogP contribution < -0.4 is 20.9 Å². The number of hydrogen-bond donors (Lipinski definition) is 3. The minimum atomic E-state index is -0.352. The Labute approximate surface area is 242 Å². The van der Waals surface area contributed by atoms with E-state index >= 15 is 0 Å². The number of carbonyl (C=O) groups excluding carboxylic acids is 1. The van der Waals surface area contributed by atoms with Gasteiger partial charge in [-0.05, 0) is 79.4 Å². The molecule has 11 heteroatoms. The smallest absolute Gasteiger partial charge is 0.323 e. The quantitative estimate of drug-likeness (QED) is 0.232. The molecular formula is C29H28Cl2N8O. The minimum absolute atomic E-state index is 0.352. The summed E-state index contributed by atoms with van der Waals surface area (Å²) < 4.78 is 0. The molecule has 1 saturated heterocycles. The topological polar surface area (TPSA) is 98.3 Å². The summed E-state index contributed by atoms with van der Waals surface area (Å²) in [5.41, 5.74) is 3.04. The van der Waals surface area contributed by atoms with Crippen LogP contribution in [0.4, 0.5) is 33.8 Å². The largest absolute Gasteiger partial charge is 0.338 e. The number of piperazine rings is 1. The Hall–Kier alpha value is -4.18. The van der Waals surface area contributed by atoms with Gasteiger partial charge in [-0.3, -0.25) is 0 Å². The number of nitrogens with zero attached hydrogens (tertiary/aromatic N) is 5. The van der Waals surface area contributed by atoms with Gasteiger partial charge in [0.25, 0.3) is 0 Å². The maximum Gasteiger partial charge on any atom is 0.323 e. The van der Waals surface area contributed by atoms with Crippen LogP contribution in [0, 0.1) is 0 Å². The van der Waals surface area contributed by atoms with E-state index in [1.165, 1.54) is 0 Å². The Balaban J connectivity index is 1.30. The second kappa shape index (κ2) is 12.8. The first-order chi connectivity index (χ1) is 19.4. The maximum atomic E-state index is 12.4. The molecule has 9 nitrogen and oxygen atoms in total. The van der Waals surface area contributed by atoms with E-state index in [-0.39, 0.29) is 6.03 Å². The van der Waals surface area contributed by atoms with Crippen molar-refractivity contribution >= 4 is 70.3 Å². The van der Waals surface area contributed by atoms with Crippen LogP contribution >= 0.6 is 23.2 Å². The van der Waals surface area contributed by atoms with Crippen molar-refractivity contribution in [2.75, 3.05) is 54.1 Å². The second-order valence-electron chi connectivity index (χ2n) is 9.28. The van der Waals surface area contributed by atoms with Gasteiger partial charge in [0, 0.05) is 53.3 Å². The number of nitrogens with one attached hydrogen (secondary N) is 3. The lowest BCUT2D eigenvalue weighted by atomic mass is 10.2. The number of anilines is 5. The first kappa shape index (κ1) is 27.4. The highest BCUT2D eigenvalue weighted by Gasteiger charge is 2.18. The van der Waals surface area contributed by atoms with Crippen LogP contribution in [-0.4, -0.2) is 59.1 Å². The molecule has 2 amide bonds. The van der Waals surface area contributed by atoms with Gasteiger partial charge in [0.2, 0.25) is 11.9 Å². The molecule has 1 aliphatic heterocycles. The van der Waals surface area contributed by atoms with Crippen molar-refractivity contribution in [3.63, 3.8) is 0 Å². The summed E-state index contributed by atoms with van der Waals surface area (Å²) in [7, 11) is 2.11. The highest BCUT2D eigenvalue weighted by Crippen LogP contribution is 2.21. The Bertz CT molecular complexity index is 1470. The lowest BCUT2D eigenvalue weighted by molar-refractivity contribution is 0.262. The normalized spacial score (nSPS) is 13.8. The Kier molecular flexibility index (Phi) is 8.75. The van der Waals surface area contributed by atoms with Gasteiger partial charge in [0.05, 0.1) is 0 Å². The van der Waals surface area contributed by atoms with Gasteiger partial charge in [-0.1, -0.05) is 41.4 Å². The number of hydrogen-bond acceptors (Lipinski definition) is 7. The van der Waals surface area contributed by atoms with Crippen molar-refractivity contribution in [1.29, 1.82) is 0 Å². The summed E-state index contributed by atoms with van der Waals surface area (Å²) in [5, 5.41) is 10.2. The molecule has 0 spiro atoms. The minimum Gasteiger partial charge on any atom is -0.338 e. The van der Waals surface area contributed by atoms with Crippen molar-refractivity contribution in [1.82, 2.24) is 19.9 Å². The lowest BCUT2D eigenvalue weighted by Gasteiger charge is -2.32. The standard InChI is InChI=1S/C29H28Cl2N8O/c1-38-16-18-39(19-17-38)28-36-26(15-4-20-2-5-21(30)6-3-20)35-27(37-28)32-23-11-13-25(14-12-23)34-29(40)33-24-9-7-22(31)8-10-24/h2-15H,16-19H2,1H3,(H2,33,34,40)(H,32,35,36,37). The van der Waals surface area contributed by atoms with E-state index in [4.69, 9.17) is 33.2 Å². The summed E-state index contributed by atoms with van der Waals surface area (Å²) in [4.78, 5) is 30.8. The van der Waals surface area contributed by atoms with Gasteiger partial charge in [-0.15, -0.1) is 0 Å². The number of aromatic nitrogens is 3. The molecule has 3 N–H and O–H groups in total. The number of benzene rings is 3. The average Bonchev–Trinajstić information content (AvgIpc) is 2.95. The van der Waals surface area contributed by atoms with Gasteiger partial charge in [0.1, 0.15) is 0 Å². The summed E-state index contributed by atoms with van der Waals surface area (Å²) in [6.07, 6.45) is 3.81. The fourth-order valence-electron chi connectivity index (χ4n) is 4.00. The predicted octanol–water partition coefficient (Wildman–Crippen LogP) is 6.49. The van der Waals surface area contributed by atoms with Gasteiger partial charge >= 0.3 is 6.03 Å². The molecule has 0 saturated carbocycles. The Morgan fingerprint density at radius 3 is 1.90 bits per heavy atom. The third-order valence-electron chi connectivity index (χ3n) is 6.22. The second-order valence-corrected chi connectivity index (χ2v) is 10.2. The molecule has 0 radical (unpaired) electrons. The first-order valence-electron chi connectivity index (χ1n) is 12.7. The molecular weight excluding hydrogens is 547 g/mol. The zero-order valence-electron chi connectivity index (χ0n) is 21.8. The molecule has 0 atom stereocenters. The van der Waals surface area contributed by atoms with E-state index in [9.17, 15) is 4.79 Å². The number of halogens is 2. The molecule has 1 aromatic heterocycles. The summed E-state index contributed by atoms with van der Waals surface area (Å²) in [6.45, 7) is 3.53. The molecule has 3 aromatic carbocycles. The highest BCUT2D eigenvalue weighted by molar-refractivity contribution is 6.30. The number of rotatable bonds is 7. The number of likely N-dealkylation sites (N-methyl/N-ethyl adjacent to an activating group) is 1. The van der Waals surface area contributed by atoms with Crippen molar-refractivity contribution in [2.45, 2.75) is 0 Å². The predicted molar refractivity (Wildman–Crippen MR) is 164 cm³/mol. The molecule has 4 aromatic rings. The van der Waals surface area contributed by atoms with E-state index in [0.29, 0.717) is 39.1 Å². The molecule has 0 unspecified atom stereocenters. The maximum absolute atomic E-state index is 12.4. The Morgan fingerprint density at radius 2 is 1.27 bits per heavy atom.